The number of hydrogen-bond donors (Lipinski definition) is 1. The zero-order valence-electron chi connectivity index (χ0n) is 16.4. The number of methoxy groups -OCH3 is 1. The third-order valence-electron chi connectivity index (χ3n) is 5.19. The van der Waals surface area contributed by atoms with E-state index in [2.05, 4.69) is 55.2 Å². The van der Waals surface area contributed by atoms with Crippen LogP contribution in [0.15, 0.2) is 67.3 Å². The average molecular weight is 408 g/mol. The first-order valence-corrected chi connectivity index (χ1v) is 10.2. The average Bonchev–Trinajstić information content (AvgIpc) is 3.33. The number of ether oxygens (including phenoxy) is 1. The van der Waals surface area contributed by atoms with E-state index in [4.69, 9.17) is 17.0 Å². The molecule has 1 aliphatic heterocycles. The van der Waals surface area contributed by atoms with Gasteiger partial charge in [0.1, 0.15) is 0 Å². The van der Waals surface area contributed by atoms with Gasteiger partial charge in [-0.3, -0.25) is 9.97 Å². The lowest BCUT2D eigenvalue weighted by Crippen LogP contribution is -2.32. The summed E-state index contributed by atoms with van der Waals surface area (Å²) in [5.41, 5.74) is 3.36. The van der Waals surface area contributed by atoms with Gasteiger partial charge in [0.25, 0.3) is 0 Å². The number of nitrogens with one attached hydrogen (secondary N) is 1. The highest BCUT2D eigenvalue weighted by Crippen LogP contribution is 2.38. The predicted molar refractivity (Wildman–Crippen MR) is 116 cm³/mol. The monoisotopic (exact) mass is 407 g/mol. The molecule has 29 heavy (non-hydrogen) atoms. The molecule has 150 valence electrons. The van der Waals surface area contributed by atoms with Crippen LogP contribution in [-0.4, -0.2) is 44.8 Å². The fourth-order valence-corrected chi connectivity index (χ4v) is 4.21. The summed E-state index contributed by atoms with van der Waals surface area (Å²) < 4.78 is 7.54. The van der Waals surface area contributed by atoms with Gasteiger partial charge >= 0.3 is 0 Å². The lowest BCUT2D eigenvalue weighted by atomic mass is 10.0. The van der Waals surface area contributed by atoms with Gasteiger partial charge in [-0.1, -0.05) is 12.1 Å². The molecule has 3 aromatic heterocycles. The summed E-state index contributed by atoms with van der Waals surface area (Å²) >= 11 is 5.72. The molecule has 0 radical (unpaired) electrons. The fraction of sp³-hybridized carbons (Fsp3) is 0.318. The molecule has 0 bridgehead atoms. The van der Waals surface area contributed by atoms with Crippen LogP contribution < -0.4 is 5.32 Å². The van der Waals surface area contributed by atoms with E-state index in [1.165, 1.54) is 11.3 Å². The van der Waals surface area contributed by atoms with Crippen molar-refractivity contribution in [2.45, 2.75) is 25.0 Å². The van der Waals surface area contributed by atoms with Crippen LogP contribution in [0.3, 0.4) is 0 Å². The van der Waals surface area contributed by atoms with Crippen molar-refractivity contribution < 1.29 is 4.74 Å². The summed E-state index contributed by atoms with van der Waals surface area (Å²) in [5, 5.41) is 4.27. The quantitative estimate of drug-likeness (QED) is 0.457. The van der Waals surface area contributed by atoms with Gasteiger partial charge in [-0.2, -0.15) is 0 Å². The Kier molecular flexibility index (Phi) is 6.17. The summed E-state index contributed by atoms with van der Waals surface area (Å²) in [5.74, 6) is 0. The Bertz CT molecular complexity index is 931. The van der Waals surface area contributed by atoms with Crippen molar-refractivity contribution in [2.75, 3.05) is 20.3 Å². The topological polar surface area (TPSA) is 55.2 Å². The van der Waals surface area contributed by atoms with Gasteiger partial charge in [-0.05, 0) is 54.5 Å². The predicted octanol–water partition coefficient (Wildman–Crippen LogP) is 3.34. The van der Waals surface area contributed by atoms with E-state index >= 15 is 0 Å². The van der Waals surface area contributed by atoms with Crippen molar-refractivity contribution >= 4 is 17.3 Å². The summed E-state index contributed by atoms with van der Waals surface area (Å²) in [7, 11) is 1.73. The van der Waals surface area contributed by atoms with Gasteiger partial charge in [-0.15, -0.1) is 0 Å². The van der Waals surface area contributed by atoms with E-state index in [1.807, 2.05) is 30.6 Å². The first-order valence-electron chi connectivity index (χ1n) is 9.79. The van der Waals surface area contributed by atoms with Crippen molar-refractivity contribution in [2.24, 2.45) is 0 Å². The highest BCUT2D eigenvalue weighted by Gasteiger charge is 2.40. The Morgan fingerprint density at radius 1 is 1.14 bits per heavy atom. The molecule has 1 saturated heterocycles. The SMILES string of the molecule is COCCCN1C(=S)N[C@H](c2ccccn2)[C@@H]1c1cccn1Cc1cccnc1. The number of hydrogen-bond acceptors (Lipinski definition) is 4. The zero-order chi connectivity index (χ0) is 20.1. The number of aromatic nitrogens is 3. The molecular formula is C22H25N5OS. The van der Waals surface area contributed by atoms with Crippen molar-refractivity contribution in [3.63, 3.8) is 0 Å². The second-order valence-electron chi connectivity index (χ2n) is 7.09. The van der Waals surface area contributed by atoms with Gasteiger partial charge in [0.15, 0.2) is 5.11 Å². The molecule has 0 spiro atoms. The normalized spacial score (nSPS) is 18.8. The minimum atomic E-state index is -0.00575. The lowest BCUT2D eigenvalue weighted by molar-refractivity contribution is 0.179. The summed E-state index contributed by atoms with van der Waals surface area (Å²) in [4.78, 5) is 11.1. The lowest BCUT2D eigenvalue weighted by Gasteiger charge is -2.29. The Balaban J connectivity index is 1.68. The van der Waals surface area contributed by atoms with Gasteiger partial charge in [0.05, 0.1) is 17.8 Å². The molecule has 0 aromatic carbocycles. The Morgan fingerprint density at radius 2 is 2.07 bits per heavy atom. The molecule has 1 fully saturated rings. The number of thiocarbonyl (C=S) groups is 1. The second kappa shape index (κ2) is 9.15. The molecule has 0 saturated carbocycles. The summed E-state index contributed by atoms with van der Waals surface area (Å²) in [6.45, 7) is 2.29. The third-order valence-corrected chi connectivity index (χ3v) is 5.54. The van der Waals surface area contributed by atoms with E-state index in [-0.39, 0.29) is 12.1 Å². The van der Waals surface area contributed by atoms with Crippen LogP contribution in [0.4, 0.5) is 0 Å². The van der Waals surface area contributed by atoms with Crippen LogP contribution in [0, 0.1) is 0 Å². The molecule has 3 aromatic rings. The molecule has 0 aliphatic carbocycles. The van der Waals surface area contributed by atoms with E-state index in [1.54, 1.807) is 13.3 Å². The Morgan fingerprint density at radius 3 is 2.83 bits per heavy atom. The molecule has 0 unspecified atom stereocenters. The van der Waals surface area contributed by atoms with Crippen molar-refractivity contribution in [3.05, 3.63) is 84.2 Å². The smallest absolute Gasteiger partial charge is 0.170 e. The Labute approximate surface area is 176 Å². The summed E-state index contributed by atoms with van der Waals surface area (Å²) in [6, 6.07) is 14.4. The number of nitrogens with zero attached hydrogens (tertiary/aromatic N) is 4. The third kappa shape index (κ3) is 4.31. The molecule has 0 amide bonds. The maximum Gasteiger partial charge on any atom is 0.170 e. The van der Waals surface area contributed by atoms with Crippen LogP contribution in [0.1, 0.15) is 35.5 Å². The molecule has 4 rings (SSSR count). The zero-order valence-corrected chi connectivity index (χ0v) is 17.3. The van der Waals surface area contributed by atoms with E-state index in [0.717, 1.165) is 30.3 Å². The van der Waals surface area contributed by atoms with Gasteiger partial charge in [0.2, 0.25) is 0 Å². The minimum Gasteiger partial charge on any atom is -0.385 e. The first-order chi connectivity index (χ1) is 14.3. The molecule has 1 N–H and O–H groups in total. The molecule has 7 heteroatoms. The first kappa shape index (κ1) is 19.5. The van der Waals surface area contributed by atoms with E-state index in [0.29, 0.717) is 6.61 Å². The van der Waals surface area contributed by atoms with Crippen molar-refractivity contribution in [1.82, 2.24) is 24.8 Å². The maximum absolute atomic E-state index is 5.72. The second-order valence-corrected chi connectivity index (χ2v) is 7.48. The standard InChI is InChI=1S/C22H25N5OS/c1-28-14-6-13-27-21(20(25-22(27)29)18-8-2-3-11-24-18)19-9-5-12-26(19)16-17-7-4-10-23-15-17/h2-5,7-12,15,20-21H,6,13-14,16H2,1H3,(H,25,29)/t20-,21+/m1/s1. The molecule has 2 atom stereocenters. The van der Waals surface area contributed by atoms with Crippen LogP contribution in [-0.2, 0) is 11.3 Å². The van der Waals surface area contributed by atoms with Crippen LogP contribution >= 0.6 is 12.2 Å². The highest BCUT2D eigenvalue weighted by molar-refractivity contribution is 7.80. The Hall–Kier alpha value is -2.77. The number of pyridine rings is 2. The van der Waals surface area contributed by atoms with Crippen molar-refractivity contribution in [1.29, 1.82) is 0 Å². The van der Waals surface area contributed by atoms with Crippen LogP contribution in [0.5, 0.6) is 0 Å². The van der Waals surface area contributed by atoms with Crippen LogP contribution in [0.2, 0.25) is 0 Å². The molecular weight excluding hydrogens is 382 g/mol. The maximum atomic E-state index is 5.72. The molecule has 4 heterocycles. The van der Waals surface area contributed by atoms with Gasteiger partial charge < -0.3 is 19.5 Å². The largest absolute Gasteiger partial charge is 0.385 e. The van der Waals surface area contributed by atoms with E-state index < -0.39 is 0 Å². The van der Waals surface area contributed by atoms with E-state index in [9.17, 15) is 0 Å². The van der Waals surface area contributed by atoms with Crippen molar-refractivity contribution in [3.8, 4) is 0 Å². The minimum absolute atomic E-state index is 0.00575. The van der Waals surface area contributed by atoms with Crippen LogP contribution in [0.25, 0.3) is 0 Å². The molecule has 1 aliphatic rings. The highest BCUT2D eigenvalue weighted by atomic mass is 32.1. The van der Waals surface area contributed by atoms with Gasteiger partial charge in [-0.25, -0.2) is 0 Å². The fourth-order valence-electron chi connectivity index (χ4n) is 3.88. The molecule has 6 nitrogen and oxygen atoms in total. The number of rotatable bonds is 8. The van der Waals surface area contributed by atoms with Gasteiger partial charge in [0, 0.05) is 57.3 Å². The summed E-state index contributed by atoms with van der Waals surface area (Å²) in [6.07, 6.45) is 8.57.